The van der Waals surface area contributed by atoms with E-state index in [1.165, 1.54) is 0 Å². The molecule has 0 aromatic heterocycles. The summed E-state index contributed by atoms with van der Waals surface area (Å²) in [4.78, 5) is 23.0. The minimum absolute atomic E-state index is 0.127. The van der Waals surface area contributed by atoms with Crippen LogP contribution in [0.1, 0.15) is 31.8 Å². The second kappa shape index (κ2) is 11.1. The Labute approximate surface area is 206 Å². The maximum Gasteiger partial charge on any atom is 0.336 e. The summed E-state index contributed by atoms with van der Waals surface area (Å²) in [6.45, 7) is 0.165. The SMILES string of the molecule is O=C(O)c1ccc2cc(OCCOc3ccc4c(CCO)c(C(=O)O)c(CCO)cc4c3)ccc2c1. The van der Waals surface area contributed by atoms with Crippen LogP contribution in [0.25, 0.3) is 21.5 Å². The number of ether oxygens (including phenoxy) is 2. The van der Waals surface area contributed by atoms with Crippen LogP contribution in [0.2, 0.25) is 0 Å². The first kappa shape index (κ1) is 25.0. The number of aliphatic hydroxyl groups is 2. The maximum absolute atomic E-state index is 11.9. The Hall–Kier alpha value is -4.14. The first-order valence-corrected chi connectivity index (χ1v) is 11.5. The predicted molar refractivity (Wildman–Crippen MR) is 134 cm³/mol. The van der Waals surface area contributed by atoms with Crippen molar-refractivity contribution in [3.05, 3.63) is 82.9 Å². The summed E-state index contributed by atoms with van der Waals surface area (Å²) in [6, 6.07) is 17.4. The molecule has 4 rings (SSSR count). The average Bonchev–Trinajstić information content (AvgIpc) is 2.86. The highest BCUT2D eigenvalue weighted by molar-refractivity contribution is 6.00. The highest BCUT2D eigenvalue weighted by Gasteiger charge is 2.19. The number of fused-ring (bicyclic) bond motifs is 2. The largest absolute Gasteiger partial charge is 0.490 e. The van der Waals surface area contributed by atoms with Crippen LogP contribution in [0.4, 0.5) is 0 Å². The maximum atomic E-state index is 11.9. The molecule has 4 N–H and O–H groups in total. The van der Waals surface area contributed by atoms with Crippen molar-refractivity contribution in [1.82, 2.24) is 0 Å². The Bertz CT molecular complexity index is 1430. The van der Waals surface area contributed by atoms with Crippen LogP contribution in [-0.4, -0.2) is 58.8 Å². The third kappa shape index (κ3) is 5.40. The van der Waals surface area contributed by atoms with Crippen LogP contribution >= 0.6 is 0 Å². The molecule has 0 aliphatic heterocycles. The van der Waals surface area contributed by atoms with Crippen molar-refractivity contribution in [2.24, 2.45) is 0 Å². The summed E-state index contributed by atoms with van der Waals surface area (Å²) < 4.78 is 11.6. The Morgan fingerprint density at radius 3 is 1.92 bits per heavy atom. The molecule has 0 atom stereocenters. The van der Waals surface area contributed by atoms with E-state index in [9.17, 15) is 24.9 Å². The summed E-state index contributed by atoms with van der Waals surface area (Å²) in [5.74, 6) is -0.841. The summed E-state index contributed by atoms with van der Waals surface area (Å²) in [5, 5.41) is 40.9. The fraction of sp³-hybridized carbons (Fsp3) is 0.214. The number of benzene rings is 4. The third-order valence-corrected chi connectivity index (χ3v) is 5.94. The molecule has 0 spiro atoms. The van der Waals surface area contributed by atoms with Gasteiger partial charge in [0.1, 0.15) is 24.7 Å². The zero-order valence-electron chi connectivity index (χ0n) is 19.4. The molecule has 0 aliphatic carbocycles. The van der Waals surface area contributed by atoms with E-state index in [0.717, 1.165) is 16.2 Å². The van der Waals surface area contributed by atoms with E-state index in [-0.39, 0.29) is 50.4 Å². The topological polar surface area (TPSA) is 134 Å². The number of aromatic carboxylic acids is 2. The summed E-state index contributed by atoms with van der Waals surface area (Å²) in [6.07, 6.45) is 0.382. The Kier molecular flexibility index (Phi) is 7.68. The lowest BCUT2D eigenvalue weighted by molar-refractivity contribution is 0.0684. The highest BCUT2D eigenvalue weighted by atomic mass is 16.5. The van der Waals surface area contributed by atoms with Crippen molar-refractivity contribution >= 4 is 33.5 Å². The lowest BCUT2D eigenvalue weighted by Gasteiger charge is -2.16. The molecule has 186 valence electrons. The van der Waals surface area contributed by atoms with Gasteiger partial charge in [0.25, 0.3) is 0 Å². The van der Waals surface area contributed by atoms with Crippen molar-refractivity contribution in [3.63, 3.8) is 0 Å². The van der Waals surface area contributed by atoms with E-state index in [0.29, 0.717) is 28.0 Å². The molecule has 0 unspecified atom stereocenters. The van der Waals surface area contributed by atoms with E-state index in [2.05, 4.69) is 0 Å². The monoisotopic (exact) mass is 490 g/mol. The van der Waals surface area contributed by atoms with Gasteiger partial charge in [-0.25, -0.2) is 9.59 Å². The summed E-state index contributed by atoms with van der Waals surface area (Å²) in [7, 11) is 0. The fourth-order valence-corrected chi connectivity index (χ4v) is 4.33. The minimum Gasteiger partial charge on any atom is -0.490 e. The van der Waals surface area contributed by atoms with Gasteiger partial charge in [0.15, 0.2) is 0 Å². The molecule has 0 saturated carbocycles. The molecular weight excluding hydrogens is 464 g/mol. The van der Waals surface area contributed by atoms with Crippen molar-refractivity contribution in [3.8, 4) is 11.5 Å². The lowest BCUT2D eigenvalue weighted by atomic mass is 9.91. The van der Waals surface area contributed by atoms with Crippen LogP contribution in [-0.2, 0) is 12.8 Å². The number of carbonyl (C=O) groups is 2. The molecule has 4 aromatic carbocycles. The van der Waals surface area contributed by atoms with Crippen LogP contribution in [0.15, 0.2) is 60.7 Å². The average molecular weight is 491 g/mol. The fourth-order valence-electron chi connectivity index (χ4n) is 4.33. The minimum atomic E-state index is -1.09. The van der Waals surface area contributed by atoms with Crippen LogP contribution in [0.5, 0.6) is 11.5 Å². The standard InChI is InChI=1S/C28H26O8/c29-9-7-19-14-21-16-23(5-6-24(21)25(8-10-30)26(19)28(33)34)36-12-11-35-22-4-3-17-13-20(27(31)32)2-1-18(17)15-22/h1-6,13-16,29-30H,7-12H2,(H,31,32)(H,33,34). The van der Waals surface area contributed by atoms with Gasteiger partial charge < -0.3 is 29.9 Å². The second-order valence-corrected chi connectivity index (χ2v) is 8.25. The summed E-state index contributed by atoms with van der Waals surface area (Å²) >= 11 is 0. The van der Waals surface area contributed by atoms with Crippen molar-refractivity contribution in [2.45, 2.75) is 12.8 Å². The Morgan fingerprint density at radius 2 is 1.28 bits per heavy atom. The molecule has 0 bridgehead atoms. The number of carboxylic acid groups (broad SMARTS) is 2. The molecule has 0 fully saturated rings. The van der Waals surface area contributed by atoms with E-state index >= 15 is 0 Å². The number of rotatable bonds is 11. The van der Waals surface area contributed by atoms with Gasteiger partial charge in [-0.3, -0.25) is 0 Å². The quantitative estimate of drug-likeness (QED) is 0.233. The molecule has 0 saturated heterocycles. The third-order valence-electron chi connectivity index (χ3n) is 5.94. The van der Waals surface area contributed by atoms with E-state index in [4.69, 9.17) is 14.6 Å². The zero-order valence-corrected chi connectivity index (χ0v) is 19.4. The summed E-state index contributed by atoms with van der Waals surface area (Å²) in [5.41, 5.74) is 1.40. The normalized spacial score (nSPS) is 11.1. The van der Waals surface area contributed by atoms with Gasteiger partial charge in [0.05, 0.1) is 11.1 Å². The number of carboxylic acids is 2. The Morgan fingerprint density at radius 1 is 0.667 bits per heavy atom. The molecule has 0 aliphatic rings. The predicted octanol–water partition coefficient (Wildman–Crippen LogP) is 3.92. The molecule has 0 radical (unpaired) electrons. The molecule has 36 heavy (non-hydrogen) atoms. The van der Waals surface area contributed by atoms with Crippen molar-refractivity contribution in [1.29, 1.82) is 0 Å². The smallest absolute Gasteiger partial charge is 0.336 e. The van der Waals surface area contributed by atoms with E-state index in [1.807, 2.05) is 6.07 Å². The van der Waals surface area contributed by atoms with Crippen LogP contribution < -0.4 is 9.47 Å². The molecule has 8 nitrogen and oxygen atoms in total. The highest BCUT2D eigenvalue weighted by Crippen LogP contribution is 2.30. The molecule has 8 heteroatoms. The van der Waals surface area contributed by atoms with Gasteiger partial charge in [-0.05, 0) is 81.9 Å². The first-order valence-electron chi connectivity index (χ1n) is 11.5. The first-order chi connectivity index (χ1) is 17.4. The molecule has 4 aromatic rings. The lowest BCUT2D eigenvalue weighted by Crippen LogP contribution is -2.11. The molecule has 0 amide bonds. The van der Waals surface area contributed by atoms with Crippen LogP contribution in [0, 0.1) is 0 Å². The van der Waals surface area contributed by atoms with Crippen molar-refractivity contribution in [2.75, 3.05) is 26.4 Å². The van der Waals surface area contributed by atoms with Gasteiger partial charge in [0.2, 0.25) is 0 Å². The number of hydrogen-bond acceptors (Lipinski definition) is 6. The molecular formula is C28H26O8. The van der Waals surface area contributed by atoms with Crippen LogP contribution in [0.3, 0.4) is 0 Å². The number of hydrogen-bond donors (Lipinski definition) is 4. The van der Waals surface area contributed by atoms with Gasteiger partial charge in [-0.15, -0.1) is 0 Å². The van der Waals surface area contributed by atoms with Gasteiger partial charge in [-0.2, -0.15) is 0 Å². The Balaban J connectivity index is 1.46. The molecule has 0 heterocycles. The van der Waals surface area contributed by atoms with Gasteiger partial charge >= 0.3 is 11.9 Å². The van der Waals surface area contributed by atoms with Crippen molar-refractivity contribution < 1.29 is 39.5 Å². The van der Waals surface area contributed by atoms with Gasteiger partial charge in [-0.1, -0.05) is 24.3 Å². The van der Waals surface area contributed by atoms with E-state index in [1.54, 1.807) is 54.6 Å². The second-order valence-electron chi connectivity index (χ2n) is 8.25. The van der Waals surface area contributed by atoms with Gasteiger partial charge in [0, 0.05) is 13.2 Å². The zero-order chi connectivity index (χ0) is 25.7. The number of aliphatic hydroxyl groups excluding tert-OH is 2. The van der Waals surface area contributed by atoms with E-state index < -0.39 is 11.9 Å².